The van der Waals surface area contributed by atoms with Gasteiger partial charge < -0.3 is 35.0 Å². The molecular weight excluding hydrogens is 469 g/mol. The van der Waals surface area contributed by atoms with Crippen molar-refractivity contribution in [3.05, 3.63) is 17.0 Å². The van der Waals surface area contributed by atoms with Crippen molar-refractivity contribution in [2.45, 2.75) is 18.7 Å². The Hall–Kier alpha value is -2.58. The Morgan fingerprint density at radius 3 is 2.55 bits per heavy atom. The molecule has 1 atom stereocenters. The van der Waals surface area contributed by atoms with Gasteiger partial charge in [0.15, 0.2) is 0 Å². The second-order valence-corrected chi connectivity index (χ2v) is 8.21. The molecule has 0 aromatic carbocycles. The standard InChI is InChI=1S/C17H26N4O4S.C2HF3O2/c1-24-16(22)14-3-4-15(26-14)20-6-8-21(9-7-20)17(23)19-12-13-11-18-5-2-10-25-13;3-2(4,5)1(6)7/h3-4,13,18H,2,5-12H2,1H3,(H,19,23);(H,6,7). The lowest BCUT2D eigenvalue weighted by molar-refractivity contribution is -0.192. The molecule has 0 aliphatic carbocycles. The van der Waals surface area contributed by atoms with Gasteiger partial charge in [0, 0.05) is 45.9 Å². The third-order valence-corrected chi connectivity index (χ3v) is 5.93. The molecule has 14 heteroatoms. The van der Waals surface area contributed by atoms with E-state index in [1.165, 1.54) is 18.4 Å². The first-order valence-electron chi connectivity index (χ1n) is 10.2. The number of urea groups is 1. The minimum Gasteiger partial charge on any atom is -0.475 e. The van der Waals surface area contributed by atoms with Crippen LogP contribution in [0.1, 0.15) is 16.1 Å². The van der Waals surface area contributed by atoms with Gasteiger partial charge in [0.25, 0.3) is 0 Å². The summed E-state index contributed by atoms with van der Waals surface area (Å²) in [5.74, 6) is -3.07. The largest absolute Gasteiger partial charge is 0.490 e. The van der Waals surface area contributed by atoms with Gasteiger partial charge in [-0.05, 0) is 25.1 Å². The summed E-state index contributed by atoms with van der Waals surface area (Å²) in [6, 6.07) is 3.67. The molecule has 3 rings (SSSR count). The van der Waals surface area contributed by atoms with Gasteiger partial charge in [0.2, 0.25) is 0 Å². The van der Waals surface area contributed by atoms with Gasteiger partial charge in [-0.3, -0.25) is 0 Å². The third kappa shape index (κ3) is 8.70. The number of carbonyl (C=O) groups is 3. The summed E-state index contributed by atoms with van der Waals surface area (Å²) >= 11 is 1.42. The Labute approximate surface area is 192 Å². The van der Waals surface area contributed by atoms with E-state index in [1.54, 1.807) is 6.07 Å². The number of alkyl halides is 3. The Bertz CT molecular complexity index is 791. The van der Waals surface area contributed by atoms with E-state index in [4.69, 9.17) is 19.4 Å². The van der Waals surface area contributed by atoms with Crippen LogP contribution < -0.4 is 15.5 Å². The number of carbonyl (C=O) groups excluding carboxylic acids is 2. The van der Waals surface area contributed by atoms with E-state index in [0.29, 0.717) is 24.5 Å². The number of esters is 1. The lowest BCUT2D eigenvalue weighted by atomic mass is 10.3. The Morgan fingerprint density at radius 2 is 1.94 bits per heavy atom. The number of hydrogen-bond acceptors (Lipinski definition) is 8. The fourth-order valence-electron chi connectivity index (χ4n) is 3.05. The SMILES string of the molecule is COC(=O)c1ccc(N2CCN(C(=O)NCC3CNCCCO3)CC2)s1.O=C(O)C(F)(F)F. The second kappa shape index (κ2) is 12.6. The van der Waals surface area contributed by atoms with Crippen LogP contribution in [0.15, 0.2) is 12.1 Å². The molecule has 2 aliphatic heterocycles. The predicted octanol–water partition coefficient (Wildman–Crippen LogP) is 1.38. The molecule has 3 N–H and O–H groups in total. The molecule has 1 aromatic heterocycles. The normalized spacial score (nSPS) is 19.1. The number of nitrogens with zero attached hydrogens (tertiary/aromatic N) is 2. The Morgan fingerprint density at radius 1 is 1.27 bits per heavy atom. The average molecular weight is 497 g/mol. The van der Waals surface area contributed by atoms with Crippen LogP contribution in [0, 0.1) is 0 Å². The molecule has 2 amide bonds. The summed E-state index contributed by atoms with van der Waals surface area (Å²) in [5.41, 5.74) is 0. The second-order valence-electron chi connectivity index (χ2n) is 7.14. The zero-order valence-corrected chi connectivity index (χ0v) is 18.8. The highest BCUT2D eigenvalue weighted by molar-refractivity contribution is 7.17. The molecule has 2 fully saturated rings. The van der Waals surface area contributed by atoms with Crippen molar-refractivity contribution in [3.8, 4) is 0 Å². The number of ether oxygens (including phenoxy) is 2. The number of hydrogen-bond donors (Lipinski definition) is 3. The maximum Gasteiger partial charge on any atom is 0.490 e. The highest BCUT2D eigenvalue weighted by Crippen LogP contribution is 2.27. The number of piperazine rings is 1. The average Bonchev–Trinajstić information content (AvgIpc) is 3.14. The minimum absolute atomic E-state index is 0.0330. The Balaban J connectivity index is 0.000000479. The predicted molar refractivity (Wildman–Crippen MR) is 114 cm³/mol. The number of carboxylic acids is 1. The highest BCUT2D eigenvalue weighted by Gasteiger charge is 2.38. The van der Waals surface area contributed by atoms with Crippen molar-refractivity contribution in [2.75, 3.05) is 64.4 Å². The van der Waals surface area contributed by atoms with E-state index in [0.717, 1.165) is 44.2 Å². The summed E-state index contributed by atoms with van der Waals surface area (Å²) in [5, 5.41) is 14.4. The fourth-order valence-corrected chi connectivity index (χ4v) is 4.03. The highest BCUT2D eigenvalue weighted by atomic mass is 32.1. The van der Waals surface area contributed by atoms with Crippen LogP contribution in [0.2, 0.25) is 0 Å². The zero-order valence-electron chi connectivity index (χ0n) is 18.0. The summed E-state index contributed by atoms with van der Waals surface area (Å²) in [7, 11) is 1.38. The molecule has 0 spiro atoms. The molecule has 1 aromatic rings. The lowest BCUT2D eigenvalue weighted by Gasteiger charge is -2.35. The number of nitrogens with one attached hydrogen (secondary N) is 2. The van der Waals surface area contributed by atoms with Gasteiger partial charge in [0.05, 0.1) is 18.2 Å². The minimum atomic E-state index is -5.08. The third-order valence-electron chi connectivity index (χ3n) is 4.80. The van der Waals surface area contributed by atoms with Crippen LogP contribution >= 0.6 is 11.3 Å². The van der Waals surface area contributed by atoms with E-state index in [-0.39, 0.29) is 18.1 Å². The van der Waals surface area contributed by atoms with Gasteiger partial charge in [-0.25, -0.2) is 14.4 Å². The molecule has 1 unspecified atom stereocenters. The number of thiophene rings is 1. The number of anilines is 1. The summed E-state index contributed by atoms with van der Waals surface area (Å²) < 4.78 is 42.2. The number of carboxylic acid groups (broad SMARTS) is 1. The van der Waals surface area contributed by atoms with Gasteiger partial charge >= 0.3 is 24.1 Å². The van der Waals surface area contributed by atoms with Crippen molar-refractivity contribution in [1.82, 2.24) is 15.5 Å². The van der Waals surface area contributed by atoms with Crippen molar-refractivity contribution in [3.63, 3.8) is 0 Å². The molecule has 0 saturated carbocycles. The quantitative estimate of drug-likeness (QED) is 0.535. The monoisotopic (exact) mass is 496 g/mol. The molecule has 186 valence electrons. The van der Waals surface area contributed by atoms with E-state index >= 15 is 0 Å². The Kier molecular flexibility index (Phi) is 10.2. The van der Waals surface area contributed by atoms with Gasteiger partial charge in [-0.1, -0.05) is 0 Å². The van der Waals surface area contributed by atoms with Crippen molar-refractivity contribution < 1.29 is 42.1 Å². The number of aliphatic carboxylic acids is 1. The lowest BCUT2D eigenvalue weighted by Crippen LogP contribution is -2.53. The number of halogens is 3. The molecule has 0 radical (unpaired) electrons. The fraction of sp³-hybridized carbons (Fsp3) is 0.632. The molecule has 10 nitrogen and oxygen atoms in total. The molecule has 2 aliphatic rings. The first kappa shape index (κ1) is 26.7. The van der Waals surface area contributed by atoms with Gasteiger partial charge in [-0.15, -0.1) is 11.3 Å². The molecule has 3 heterocycles. The van der Waals surface area contributed by atoms with Crippen molar-refractivity contribution >= 4 is 34.3 Å². The van der Waals surface area contributed by atoms with Gasteiger partial charge in [-0.2, -0.15) is 13.2 Å². The molecule has 0 bridgehead atoms. The van der Waals surface area contributed by atoms with Crippen molar-refractivity contribution in [1.29, 1.82) is 0 Å². The number of methoxy groups -OCH3 is 1. The maximum absolute atomic E-state index is 12.4. The van der Waals surface area contributed by atoms with Crippen LogP contribution in [-0.2, 0) is 14.3 Å². The van der Waals surface area contributed by atoms with Crippen LogP contribution in [0.4, 0.5) is 23.0 Å². The van der Waals surface area contributed by atoms with Crippen LogP contribution in [0.5, 0.6) is 0 Å². The van der Waals surface area contributed by atoms with Gasteiger partial charge in [0.1, 0.15) is 4.88 Å². The van der Waals surface area contributed by atoms with E-state index in [2.05, 4.69) is 15.5 Å². The van der Waals surface area contributed by atoms with E-state index < -0.39 is 12.1 Å². The maximum atomic E-state index is 12.4. The smallest absolute Gasteiger partial charge is 0.475 e. The summed E-state index contributed by atoms with van der Waals surface area (Å²) in [6.07, 6.45) is -4.04. The van der Waals surface area contributed by atoms with E-state index in [9.17, 15) is 22.8 Å². The zero-order chi connectivity index (χ0) is 24.4. The number of rotatable bonds is 4. The van der Waals surface area contributed by atoms with Crippen LogP contribution in [0.25, 0.3) is 0 Å². The molecule has 2 saturated heterocycles. The van der Waals surface area contributed by atoms with Crippen LogP contribution in [-0.4, -0.2) is 99.8 Å². The van der Waals surface area contributed by atoms with Crippen molar-refractivity contribution in [2.24, 2.45) is 0 Å². The first-order valence-corrected chi connectivity index (χ1v) is 11.0. The first-order chi connectivity index (χ1) is 15.6. The van der Waals surface area contributed by atoms with E-state index in [1.807, 2.05) is 11.0 Å². The summed E-state index contributed by atoms with van der Waals surface area (Å²) in [4.78, 5) is 37.4. The number of amides is 2. The van der Waals surface area contributed by atoms with Crippen LogP contribution in [0.3, 0.4) is 0 Å². The summed E-state index contributed by atoms with van der Waals surface area (Å²) in [6.45, 7) is 5.80. The molecule has 33 heavy (non-hydrogen) atoms. The molecular formula is C19H27F3N4O6S. The topological polar surface area (TPSA) is 120 Å².